The minimum Gasteiger partial charge on any atom is -0.468 e. The summed E-state index contributed by atoms with van der Waals surface area (Å²) in [5.41, 5.74) is 1.69. The summed E-state index contributed by atoms with van der Waals surface area (Å²) in [5, 5.41) is 0. The molecule has 2 atom stereocenters. The van der Waals surface area contributed by atoms with E-state index in [0.29, 0.717) is 0 Å². The van der Waals surface area contributed by atoms with Crippen LogP contribution < -0.4 is 0 Å². The lowest BCUT2D eigenvalue weighted by Gasteiger charge is -2.14. The zero-order valence-corrected chi connectivity index (χ0v) is 12.0. The number of carbonyl (C=O) groups is 1. The molecule has 106 valence electrons. The molecule has 1 saturated carbocycles. The molecule has 2 aromatic carbocycles. The van der Waals surface area contributed by atoms with Gasteiger partial charge in [-0.2, -0.15) is 0 Å². The van der Waals surface area contributed by atoms with Crippen LogP contribution in [-0.4, -0.2) is 13.1 Å². The van der Waals surface area contributed by atoms with Crippen molar-refractivity contribution in [2.75, 3.05) is 7.11 Å². The Morgan fingerprint density at radius 1 is 1.10 bits per heavy atom. The molecule has 2 heteroatoms. The van der Waals surface area contributed by atoms with E-state index < -0.39 is 5.41 Å². The third-order valence-electron chi connectivity index (χ3n) is 4.17. The molecule has 0 heterocycles. The quantitative estimate of drug-likeness (QED) is 0.794. The van der Waals surface area contributed by atoms with E-state index >= 15 is 0 Å². The van der Waals surface area contributed by atoms with Gasteiger partial charge in [0.2, 0.25) is 0 Å². The van der Waals surface area contributed by atoms with Crippen molar-refractivity contribution in [2.24, 2.45) is 5.92 Å². The first-order chi connectivity index (χ1) is 10.3. The van der Waals surface area contributed by atoms with E-state index in [1.807, 2.05) is 48.5 Å². The summed E-state index contributed by atoms with van der Waals surface area (Å²) >= 11 is 0. The summed E-state index contributed by atoms with van der Waals surface area (Å²) in [6.45, 7) is 0. The van der Waals surface area contributed by atoms with Gasteiger partial charge in [-0.3, -0.25) is 4.79 Å². The molecule has 0 unspecified atom stereocenters. The smallest absolute Gasteiger partial charge is 0.316 e. The second kappa shape index (κ2) is 5.57. The van der Waals surface area contributed by atoms with E-state index in [1.54, 1.807) is 0 Å². The molecule has 1 aliphatic rings. The summed E-state index contributed by atoms with van der Waals surface area (Å²) < 4.78 is 5.04. The lowest BCUT2D eigenvalue weighted by molar-refractivity contribution is -0.144. The highest BCUT2D eigenvalue weighted by atomic mass is 16.5. The normalized spacial score (nSPS) is 24.0. The van der Waals surface area contributed by atoms with Crippen LogP contribution in [-0.2, 0) is 14.9 Å². The van der Waals surface area contributed by atoms with E-state index in [4.69, 9.17) is 4.74 Å². The lowest BCUT2D eigenvalue weighted by Crippen LogP contribution is -2.24. The van der Waals surface area contributed by atoms with Crippen LogP contribution in [0.1, 0.15) is 17.5 Å². The Hall–Kier alpha value is -2.35. The fourth-order valence-electron chi connectivity index (χ4n) is 2.91. The van der Waals surface area contributed by atoms with Crippen LogP contribution in [0.2, 0.25) is 0 Å². The van der Waals surface area contributed by atoms with Crippen LogP contribution in [0.25, 0.3) is 6.08 Å². The Bertz CT molecular complexity index is 646. The Balaban J connectivity index is 1.85. The summed E-state index contributed by atoms with van der Waals surface area (Å²) in [6.07, 6.45) is 5.02. The molecule has 0 spiro atoms. The number of benzene rings is 2. The van der Waals surface area contributed by atoms with Crippen molar-refractivity contribution in [3.63, 3.8) is 0 Å². The van der Waals surface area contributed by atoms with Crippen LogP contribution in [0.5, 0.6) is 0 Å². The third kappa shape index (κ3) is 2.49. The summed E-state index contributed by atoms with van der Waals surface area (Å²) in [4.78, 5) is 12.3. The van der Waals surface area contributed by atoms with Gasteiger partial charge in [0.25, 0.3) is 0 Å². The number of allylic oxidation sites excluding steroid dienone is 1. The van der Waals surface area contributed by atoms with Crippen LogP contribution in [0, 0.1) is 5.92 Å². The first-order valence-corrected chi connectivity index (χ1v) is 7.14. The number of carbonyl (C=O) groups excluding carboxylic acids is 1. The van der Waals surface area contributed by atoms with Crippen molar-refractivity contribution in [1.82, 2.24) is 0 Å². The third-order valence-corrected chi connectivity index (χ3v) is 4.17. The van der Waals surface area contributed by atoms with Gasteiger partial charge in [-0.05, 0) is 23.5 Å². The van der Waals surface area contributed by atoms with Gasteiger partial charge in [-0.25, -0.2) is 0 Å². The summed E-state index contributed by atoms with van der Waals surface area (Å²) in [6, 6.07) is 20.0. The second-order valence-electron chi connectivity index (χ2n) is 5.41. The molecule has 0 saturated heterocycles. The molecule has 0 radical (unpaired) electrons. The van der Waals surface area contributed by atoms with E-state index in [2.05, 4.69) is 24.3 Å². The maximum Gasteiger partial charge on any atom is 0.316 e. The topological polar surface area (TPSA) is 26.3 Å². The maximum atomic E-state index is 12.3. The first-order valence-electron chi connectivity index (χ1n) is 7.14. The van der Waals surface area contributed by atoms with E-state index in [1.165, 1.54) is 7.11 Å². The van der Waals surface area contributed by atoms with E-state index in [-0.39, 0.29) is 11.9 Å². The standard InChI is InChI=1S/C19H18O2/c1-21-18(20)19(16-10-6-3-7-11-16)14-17(19)13-12-15-8-4-2-5-9-15/h2-13,17H,14H2,1H3/b13-12+/t17-,19+/m0/s1. The Labute approximate surface area is 125 Å². The van der Waals surface area contributed by atoms with Crippen molar-refractivity contribution < 1.29 is 9.53 Å². The Morgan fingerprint density at radius 2 is 1.71 bits per heavy atom. The molecule has 1 fully saturated rings. The fourth-order valence-corrected chi connectivity index (χ4v) is 2.91. The minimum absolute atomic E-state index is 0.142. The largest absolute Gasteiger partial charge is 0.468 e. The second-order valence-corrected chi connectivity index (χ2v) is 5.41. The van der Waals surface area contributed by atoms with Gasteiger partial charge in [0.1, 0.15) is 0 Å². The molecular weight excluding hydrogens is 260 g/mol. The van der Waals surface area contributed by atoms with Crippen molar-refractivity contribution >= 4 is 12.0 Å². The molecule has 0 aromatic heterocycles. The molecule has 0 N–H and O–H groups in total. The zero-order valence-electron chi connectivity index (χ0n) is 12.0. The number of ether oxygens (including phenoxy) is 1. The van der Waals surface area contributed by atoms with Gasteiger partial charge in [0, 0.05) is 0 Å². The monoisotopic (exact) mass is 278 g/mol. The van der Waals surface area contributed by atoms with E-state index in [0.717, 1.165) is 17.5 Å². The molecule has 0 bridgehead atoms. The number of hydrogen-bond donors (Lipinski definition) is 0. The molecular formula is C19H18O2. The zero-order chi connectivity index (χ0) is 14.7. The molecule has 2 nitrogen and oxygen atoms in total. The summed E-state index contributed by atoms with van der Waals surface area (Å²) in [7, 11) is 1.46. The highest BCUT2D eigenvalue weighted by Gasteiger charge is 2.60. The van der Waals surface area contributed by atoms with Crippen LogP contribution >= 0.6 is 0 Å². The molecule has 21 heavy (non-hydrogen) atoms. The molecule has 2 aromatic rings. The molecule has 0 amide bonds. The predicted octanol–water partition coefficient (Wildman–Crippen LogP) is 3.83. The highest BCUT2D eigenvalue weighted by molar-refractivity contribution is 5.88. The Morgan fingerprint density at radius 3 is 2.33 bits per heavy atom. The van der Waals surface area contributed by atoms with Crippen LogP contribution in [0.15, 0.2) is 66.7 Å². The maximum absolute atomic E-state index is 12.3. The number of methoxy groups -OCH3 is 1. The van der Waals surface area contributed by atoms with Crippen molar-refractivity contribution in [1.29, 1.82) is 0 Å². The highest BCUT2D eigenvalue weighted by Crippen LogP contribution is 2.56. The van der Waals surface area contributed by atoms with Gasteiger partial charge in [0.05, 0.1) is 12.5 Å². The van der Waals surface area contributed by atoms with E-state index in [9.17, 15) is 4.79 Å². The fraction of sp³-hybridized carbons (Fsp3) is 0.211. The van der Waals surface area contributed by atoms with Crippen molar-refractivity contribution in [3.05, 3.63) is 77.9 Å². The van der Waals surface area contributed by atoms with Gasteiger partial charge in [-0.15, -0.1) is 0 Å². The molecule has 3 rings (SSSR count). The average Bonchev–Trinajstić information content (AvgIpc) is 3.30. The Kier molecular flexibility index (Phi) is 3.61. The van der Waals surface area contributed by atoms with Gasteiger partial charge >= 0.3 is 5.97 Å². The average molecular weight is 278 g/mol. The number of rotatable bonds is 4. The van der Waals surface area contributed by atoms with Gasteiger partial charge in [-0.1, -0.05) is 72.8 Å². The number of esters is 1. The molecule has 1 aliphatic carbocycles. The van der Waals surface area contributed by atoms with Crippen LogP contribution in [0.4, 0.5) is 0 Å². The van der Waals surface area contributed by atoms with Crippen LogP contribution in [0.3, 0.4) is 0 Å². The van der Waals surface area contributed by atoms with Gasteiger partial charge < -0.3 is 4.74 Å². The van der Waals surface area contributed by atoms with Gasteiger partial charge in [0.15, 0.2) is 0 Å². The predicted molar refractivity (Wildman–Crippen MR) is 83.7 cm³/mol. The van der Waals surface area contributed by atoms with Crippen molar-refractivity contribution in [2.45, 2.75) is 11.8 Å². The lowest BCUT2D eigenvalue weighted by atomic mass is 9.93. The van der Waals surface area contributed by atoms with Crippen molar-refractivity contribution in [3.8, 4) is 0 Å². The summed E-state index contributed by atoms with van der Waals surface area (Å²) in [5.74, 6) is 0.0592. The SMILES string of the molecule is COC(=O)[C@@]1(c2ccccc2)C[C@@H]1/C=C/c1ccccc1. The molecule has 0 aliphatic heterocycles. The number of hydrogen-bond acceptors (Lipinski definition) is 2. The minimum atomic E-state index is -0.499. The first kappa shape index (κ1) is 13.6.